The van der Waals surface area contributed by atoms with Crippen molar-refractivity contribution in [1.29, 1.82) is 0 Å². The van der Waals surface area contributed by atoms with Gasteiger partial charge in [-0.25, -0.2) is 0 Å². The van der Waals surface area contributed by atoms with Gasteiger partial charge in [-0.3, -0.25) is 4.90 Å². The highest BCUT2D eigenvalue weighted by Crippen LogP contribution is 2.20. The van der Waals surface area contributed by atoms with Crippen LogP contribution in [-0.2, 0) is 9.53 Å². The molecule has 0 aliphatic carbocycles. The molecule has 1 heterocycles. The summed E-state index contributed by atoms with van der Waals surface area (Å²) in [5.74, 6) is 0. The van der Waals surface area contributed by atoms with Gasteiger partial charge in [0.2, 0.25) is 0 Å². The van der Waals surface area contributed by atoms with E-state index in [4.69, 9.17) is 4.74 Å². The van der Waals surface area contributed by atoms with E-state index in [1.807, 2.05) is 13.8 Å². The van der Waals surface area contributed by atoms with Crippen LogP contribution in [0.1, 0.15) is 34.1 Å². The van der Waals surface area contributed by atoms with E-state index < -0.39 is 0 Å². The quantitative estimate of drug-likeness (QED) is 0.666. The van der Waals surface area contributed by atoms with Crippen LogP contribution in [0.2, 0.25) is 0 Å². The fraction of sp³-hybridized carbons (Fsp3) is 0.917. The van der Waals surface area contributed by atoms with Crippen LogP contribution in [0.15, 0.2) is 0 Å². The molecule has 1 aliphatic heterocycles. The van der Waals surface area contributed by atoms with Crippen LogP contribution in [0.25, 0.3) is 0 Å². The van der Waals surface area contributed by atoms with Gasteiger partial charge in [-0.05, 0) is 13.3 Å². The van der Waals surface area contributed by atoms with Gasteiger partial charge in [-0.15, -0.1) is 0 Å². The predicted molar refractivity (Wildman–Crippen MR) is 60.9 cm³/mol. The second-order valence-electron chi connectivity index (χ2n) is 5.24. The van der Waals surface area contributed by atoms with E-state index in [9.17, 15) is 4.79 Å². The molecule has 0 aromatic carbocycles. The van der Waals surface area contributed by atoms with Crippen molar-refractivity contribution in [2.75, 3.05) is 19.7 Å². The Labute approximate surface area is 92.8 Å². The smallest absolute Gasteiger partial charge is 0.126 e. The van der Waals surface area contributed by atoms with Crippen molar-refractivity contribution in [2.24, 2.45) is 5.41 Å². The van der Waals surface area contributed by atoms with Crippen molar-refractivity contribution < 1.29 is 9.53 Å². The van der Waals surface area contributed by atoms with Crippen molar-refractivity contribution >= 4 is 6.29 Å². The first-order chi connectivity index (χ1) is 6.98. The van der Waals surface area contributed by atoms with Gasteiger partial charge in [0, 0.05) is 24.5 Å². The van der Waals surface area contributed by atoms with E-state index in [1.165, 1.54) is 0 Å². The summed E-state index contributed by atoms with van der Waals surface area (Å²) in [5, 5.41) is 0. The Bertz CT molecular complexity index is 216. The minimum absolute atomic E-state index is 0.246. The van der Waals surface area contributed by atoms with Gasteiger partial charge >= 0.3 is 0 Å². The van der Waals surface area contributed by atoms with E-state index in [0.717, 1.165) is 32.4 Å². The maximum atomic E-state index is 10.9. The van der Waals surface area contributed by atoms with Crippen molar-refractivity contribution in [3.8, 4) is 0 Å². The zero-order valence-electron chi connectivity index (χ0n) is 10.3. The molecule has 0 aromatic rings. The van der Waals surface area contributed by atoms with Gasteiger partial charge in [0.1, 0.15) is 6.29 Å². The Morgan fingerprint density at radius 1 is 1.53 bits per heavy atom. The normalized spacial score (nSPS) is 29.1. The number of aldehydes is 1. The molecule has 0 radical (unpaired) electrons. The largest absolute Gasteiger partial charge is 0.376 e. The van der Waals surface area contributed by atoms with E-state index in [0.29, 0.717) is 6.04 Å². The molecule has 0 spiro atoms. The van der Waals surface area contributed by atoms with Crippen LogP contribution >= 0.6 is 0 Å². The summed E-state index contributed by atoms with van der Waals surface area (Å²) in [6.07, 6.45) is 2.43. The summed E-state index contributed by atoms with van der Waals surface area (Å²) in [4.78, 5) is 13.3. The zero-order chi connectivity index (χ0) is 11.5. The van der Waals surface area contributed by atoms with E-state index in [-0.39, 0.29) is 11.5 Å². The molecule has 1 fully saturated rings. The van der Waals surface area contributed by atoms with Crippen LogP contribution < -0.4 is 0 Å². The maximum Gasteiger partial charge on any atom is 0.126 e. The molecule has 0 saturated carbocycles. The first-order valence-electron chi connectivity index (χ1n) is 5.80. The van der Waals surface area contributed by atoms with Gasteiger partial charge in [0.15, 0.2) is 0 Å². The van der Waals surface area contributed by atoms with Crippen LogP contribution in [-0.4, -0.2) is 43.0 Å². The summed E-state index contributed by atoms with van der Waals surface area (Å²) >= 11 is 0. The lowest BCUT2D eigenvalue weighted by molar-refractivity contribution is -0.118. The lowest BCUT2D eigenvalue weighted by Gasteiger charge is -2.41. The Balaban J connectivity index is 2.59. The summed E-state index contributed by atoms with van der Waals surface area (Å²) in [7, 11) is 0. The van der Waals surface area contributed by atoms with Crippen molar-refractivity contribution in [2.45, 2.75) is 46.3 Å². The fourth-order valence-corrected chi connectivity index (χ4v) is 2.04. The lowest BCUT2D eigenvalue weighted by atomic mass is 9.93. The number of ether oxygens (including phenoxy) is 1. The van der Waals surface area contributed by atoms with E-state index in [1.54, 1.807) is 0 Å². The lowest BCUT2D eigenvalue weighted by Crippen LogP contribution is -2.51. The average Bonchev–Trinajstić information content (AvgIpc) is 2.18. The molecule has 1 aliphatic rings. The summed E-state index contributed by atoms with van der Waals surface area (Å²) in [6, 6.07) is 0.473. The summed E-state index contributed by atoms with van der Waals surface area (Å²) in [6.45, 7) is 10.8. The summed E-state index contributed by atoms with van der Waals surface area (Å²) in [5.41, 5.74) is -0.246. The van der Waals surface area contributed by atoms with Gasteiger partial charge < -0.3 is 9.53 Å². The molecule has 0 amide bonds. The SMILES string of the molecule is CCC1COC(C)CN1CC(C)(C)C=O. The Morgan fingerprint density at radius 2 is 2.20 bits per heavy atom. The number of carbonyl (C=O) groups excluding carboxylic acids is 1. The number of morpholine rings is 1. The highest BCUT2D eigenvalue weighted by molar-refractivity contribution is 5.58. The average molecular weight is 213 g/mol. The van der Waals surface area contributed by atoms with Crippen LogP contribution in [0.3, 0.4) is 0 Å². The van der Waals surface area contributed by atoms with Crippen molar-refractivity contribution in [3.63, 3.8) is 0 Å². The highest BCUT2D eigenvalue weighted by Gasteiger charge is 2.30. The molecule has 0 aromatic heterocycles. The van der Waals surface area contributed by atoms with E-state index >= 15 is 0 Å². The molecular formula is C12H23NO2. The monoisotopic (exact) mass is 213 g/mol. The van der Waals surface area contributed by atoms with Crippen molar-refractivity contribution in [1.82, 2.24) is 4.90 Å². The first kappa shape index (κ1) is 12.7. The molecular weight excluding hydrogens is 190 g/mol. The van der Waals surface area contributed by atoms with Crippen LogP contribution in [0.4, 0.5) is 0 Å². The molecule has 2 unspecified atom stereocenters. The highest BCUT2D eigenvalue weighted by atomic mass is 16.5. The van der Waals surface area contributed by atoms with Gasteiger partial charge in [0.05, 0.1) is 12.7 Å². The van der Waals surface area contributed by atoms with Crippen LogP contribution in [0, 0.1) is 5.41 Å². The molecule has 3 nitrogen and oxygen atoms in total. The van der Waals surface area contributed by atoms with Gasteiger partial charge in [-0.1, -0.05) is 20.8 Å². The maximum absolute atomic E-state index is 10.9. The van der Waals surface area contributed by atoms with Gasteiger partial charge in [-0.2, -0.15) is 0 Å². The number of hydrogen-bond donors (Lipinski definition) is 0. The number of carbonyl (C=O) groups is 1. The standard InChI is InChI=1S/C12H23NO2/c1-5-11-7-15-10(2)6-13(11)8-12(3,4)9-14/h9-11H,5-8H2,1-4H3. The molecule has 3 heteroatoms. The Morgan fingerprint density at radius 3 is 2.73 bits per heavy atom. The number of rotatable bonds is 4. The third kappa shape index (κ3) is 3.58. The first-order valence-corrected chi connectivity index (χ1v) is 5.80. The van der Waals surface area contributed by atoms with Gasteiger partial charge in [0.25, 0.3) is 0 Å². The summed E-state index contributed by atoms with van der Waals surface area (Å²) < 4.78 is 5.63. The second-order valence-corrected chi connectivity index (χ2v) is 5.24. The van der Waals surface area contributed by atoms with Crippen LogP contribution in [0.5, 0.6) is 0 Å². The number of hydrogen-bond acceptors (Lipinski definition) is 3. The Hall–Kier alpha value is -0.410. The molecule has 0 N–H and O–H groups in total. The molecule has 0 bridgehead atoms. The number of nitrogens with zero attached hydrogens (tertiary/aromatic N) is 1. The molecule has 15 heavy (non-hydrogen) atoms. The Kier molecular flexibility index (Phi) is 4.29. The topological polar surface area (TPSA) is 29.5 Å². The minimum atomic E-state index is -0.246. The third-order valence-electron chi connectivity index (χ3n) is 2.98. The molecule has 1 saturated heterocycles. The second kappa shape index (κ2) is 5.08. The predicted octanol–water partition coefficient (Wildman–Crippen LogP) is 1.71. The molecule has 2 atom stereocenters. The fourth-order valence-electron chi connectivity index (χ4n) is 2.04. The van der Waals surface area contributed by atoms with Crippen molar-refractivity contribution in [3.05, 3.63) is 0 Å². The van der Waals surface area contributed by atoms with E-state index in [2.05, 4.69) is 18.7 Å². The zero-order valence-corrected chi connectivity index (χ0v) is 10.3. The molecule has 88 valence electrons. The third-order valence-corrected chi connectivity index (χ3v) is 2.98. The minimum Gasteiger partial charge on any atom is -0.376 e. The molecule has 1 rings (SSSR count).